The molecule has 7 nitrogen and oxygen atoms in total. The highest BCUT2D eigenvalue weighted by Gasteiger charge is 2.30. The van der Waals surface area contributed by atoms with Gasteiger partial charge in [0.15, 0.2) is 5.58 Å². The molecule has 0 N–H and O–H groups in total. The van der Waals surface area contributed by atoms with Crippen molar-refractivity contribution in [1.29, 1.82) is 0 Å². The zero-order chi connectivity index (χ0) is 18.6. The summed E-state index contributed by atoms with van der Waals surface area (Å²) in [6, 6.07) is 2.89. The molecule has 4 rings (SSSR count). The van der Waals surface area contributed by atoms with Gasteiger partial charge in [-0.1, -0.05) is 13.8 Å². The van der Waals surface area contributed by atoms with Gasteiger partial charge in [0.2, 0.25) is 5.91 Å². The van der Waals surface area contributed by atoms with Crippen LogP contribution in [0.3, 0.4) is 0 Å². The van der Waals surface area contributed by atoms with E-state index in [9.17, 15) is 9.59 Å². The first-order chi connectivity index (χ1) is 12.4. The SMILES string of the molecule is Cc1nn([C@H](C)C(=O)N2C[C@H](C)C[C@@H](C)C2)c(=O)c2cc3occc3n12. The minimum Gasteiger partial charge on any atom is -0.463 e. The Morgan fingerprint density at radius 3 is 2.65 bits per heavy atom. The molecule has 1 amide bonds. The van der Waals surface area contributed by atoms with Gasteiger partial charge in [-0.15, -0.1) is 0 Å². The molecule has 0 aromatic carbocycles. The number of amides is 1. The lowest BCUT2D eigenvalue weighted by Crippen LogP contribution is -2.47. The van der Waals surface area contributed by atoms with Crippen LogP contribution in [-0.4, -0.2) is 38.1 Å². The number of nitrogens with zero attached hydrogens (tertiary/aromatic N) is 4. The summed E-state index contributed by atoms with van der Waals surface area (Å²) in [5.74, 6) is 1.55. The van der Waals surface area contributed by atoms with E-state index in [2.05, 4.69) is 18.9 Å². The molecule has 26 heavy (non-hydrogen) atoms. The van der Waals surface area contributed by atoms with E-state index in [1.807, 2.05) is 17.9 Å². The van der Waals surface area contributed by atoms with Crippen LogP contribution in [0.1, 0.15) is 39.1 Å². The number of aryl methyl sites for hydroxylation is 1. The number of furan rings is 1. The fraction of sp³-hybridized carbons (Fsp3) is 0.526. The maximum atomic E-state index is 13.0. The summed E-state index contributed by atoms with van der Waals surface area (Å²) in [7, 11) is 0. The smallest absolute Gasteiger partial charge is 0.291 e. The highest BCUT2D eigenvalue weighted by molar-refractivity contribution is 5.83. The molecule has 1 aliphatic rings. The minimum absolute atomic E-state index is 0.0445. The van der Waals surface area contributed by atoms with Crippen LogP contribution in [0.2, 0.25) is 0 Å². The molecule has 1 aliphatic heterocycles. The molecule has 1 fully saturated rings. The zero-order valence-electron chi connectivity index (χ0n) is 15.6. The van der Waals surface area contributed by atoms with E-state index in [-0.39, 0.29) is 11.5 Å². The number of hydrogen-bond acceptors (Lipinski definition) is 4. The minimum atomic E-state index is -0.634. The molecule has 4 heterocycles. The van der Waals surface area contributed by atoms with Crippen molar-refractivity contribution >= 4 is 22.5 Å². The van der Waals surface area contributed by atoms with Gasteiger partial charge in [0.1, 0.15) is 17.4 Å². The van der Waals surface area contributed by atoms with E-state index >= 15 is 0 Å². The second kappa shape index (κ2) is 6.00. The Labute approximate surface area is 151 Å². The van der Waals surface area contributed by atoms with E-state index in [0.29, 0.717) is 28.8 Å². The van der Waals surface area contributed by atoms with Crippen molar-refractivity contribution in [2.24, 2.45) is 11.8 Å². The van der Waals surface area contributed by atoms with Gasteiger partial charge in [0.05, 0.1) is 11.8 Å². The molecule has 0 saturated carbocycles. The summed E-state index contributed by atoms with van der Waals surface area (Å²) in [4.78, 5) is 27.9. The second-order valence-electron chi connectivity index (χ2n) is 7.70. The topological polar surface area (TPSA) is 72.8 Å². The molecule has 0 unspecified atom stereocenters. The maximum Gasteiger partial charge on any atom is 0.291 e. The summed E-state index contributed by atoms with van der Waals surface area (Å²) in [6.07, 6.45) is 2.72. The lowest BCUT2D eigenvalue weighted by molar-refractivity contribution is -0.137. The average Bonchev–Trinajstić information content (AvgIpc) is 3.17. The zero-order valence-corrected chi connectivity index (χ0v) is 15.6. The molecular weight excluding hydrogens is 332 g/mol. The fourth-order valence-corrected chi connectivity index (χ4v) is 4.27. The molecule has 138 valence electrons. The molecule has 3 aromatic rings. The third-order valence-electron chi connectivity index (χ3n) is 5.33. The standard InChI is InChI=1S/C19H24N4O3/c1-11-7-12(2)10-21(9-11)18(24)13(3)23-19(25)16-8-17-15(5-6-26-17)22(16)14(4)20-23/h5-6,8,11-13H,7,9-10H2,1-4H3/t11-,12-,13-/m1/s1. The number of likely N-dealkylation sites (tertiary alicyclic amines) is 1. The number of aromatic nitrogens is 3. The Kier molecular flexibility index (Phi) is 3.89. The van der Waals surface area contributed by atoms with Crippen molar-refractivity contribution in [3.8, 4) is 0 Å². The van der Waals surface area contributed by atoms with Gasteiger partial charge in [-0.3, -0.25) is 14.0 Å². The largest absolute Gasteiger partial charge is 0.463 e. The quantitative estimate of drug-likeness (QED) is 0.707. The molecular formula is C19H24N4O3. The first kappa shape index (κ1) is 16.9. The summed E-state index contributed by atoms with van der Waals surface area (Å²) in [6.45, 7) is 9.39. The van der Waals surface area contributed by atoms with Crippen LogP contribution in [0.4, 0.5) is 0 Å². The van der Waals surface area contributed by atoms with Gasteiger partial charge < -0.3 is 9.32 Å². The Morgan fingerprint density at radius 2 is 1.96 bits per heavy atom. The second-order valence-corrected chi connectivity index (χ2v) is 7.70. The fourth-order valence-electron chi connectivity index (χ4n) is 4.27. The number of piperidine rings is 1. The van der Waals surface area contributed by atoms with E-state index < -0.39 is 6.04 Å². The molecule has 0 radical (unpaired) electrons. The predicted octanol–water partition coefficient (Wildman–Crippen LogP) is 2.62. The Bertz CT molecular complexity index is 1030. The molecule has 0 aliphatic carbocycles. The number of rotatable bonds is 2. The summed E-state index contributed by atoms with van der Waals surface area (Å²) in [5.41, 5.74) is 1.65. The lowest BCUT2D eigenvalue weighted by Gasteiger charge is -2.36. The Balaban J connectivity index is 1.75. The summed E-state index contributed by atoms with van der Waals surface area (Å²) < 4.78 is 8.50. The van der Waals surface area contributed by atoms with Gasteiger partial charge in [-0.05, 0) is 32.1 Å². The molecule has 3 aromatic heterocycles. The third kappa shape index (κ3) is 2.53. The highest BCUT2D eigenvalue weighted by atomic mass is 16.3. The maximum absolute atomic E-state index is 13.0. The van der Waals surface area contributed by atoms with Crippen LogP contribution < -0.4 is 5.56 Å². The first-order valence-electron chi connectivity index (χ1n) is 9.13. The van der Waals surface area contributed by atoms with Crippen LogP contribution in [0.5, 0.6) is 0 Å². The normalized spacial score (nSPS) is 22.2. The van der Waals surface area contributed by atoms with Crippen LogP contribution in [0, 0.1) is 18.8 Å². The van der Waals surface area contributed by atoms with E-state index in [1.54, 1.807) is 23.7 Å². The number of fused-ring (bicyclic) bond motifs is 3. The molecule has 1 saturated heterocycles. The van der Waals surface area contributed by atoms with Gasteiger partial charge in [0.25, 0.3) is 5.56 Å². The number of hydrogen-bond donors (Lipinski definition) is 0. The third-order valence-corrected chi connectivity index (χ3v) is 5.33. The number of carbonyl (C=O) groups is 1. The average molecular weight is 356 g/mol. The van der Waals surface area contributed by atoms with E-state index in [0.717, 1.165) is 25.0 Å². The lowest BCUT2D eigenvalue weighted by atomic mass is 9.91. The Morgan fingerprint density at radius 1 is 1.27 bits per heavy atom. The molecule has 3 atom stereocenters. The van der Waals surface area contributed by atoms with Gasteiger partial charge >= 0.3 is 0 Å². The van der Waals surface area contributed by atoms with E-state index in [1.165, 1.54) is 4.68 Å². The molecule has 0 bridgehead atoms. The number of carbonyl (C=O) groups excluding carboxylic acids is 1. The van der Waals surface area contributed by atoms with Crippen molar-refractivity contribution in [2.45, 2.75) is 40.2 Å². The van der Waals surface area contributed by atoms with Crippen molar-refractivity contribution < 1.29 is 9.21 Å². The van der Waals surface area contributed by atoms with Crippen molar-refractivity contribution in [2.75, 3.05) is 13.1 Å². The van der Waals surface area contributed by atoms with Crippen molar-refractivity contribution in [3.05, 3.63) is 34.6 Å². The first-order valence-corrected chi connectivity index (χ1v) is 9.13. The molecule has 0 spiro atoms. The van der Waals surface area contributed by atoms with E-state index in [4.69, 9.17) is 4.42 Å². The van der Waals surface area contributed by atoms with Gasteiger partial charge in [0, 0.05) is 25.2 Å². The van der Waals surface area contributed by atoms with Crippen LogP contribution in [-0.2, 0) is 4.79 Å². The Hall–Kier alpha value is -2.57. The highest BCUT2D eigenvalue weighted by Crippen LogP contribution is 2.24. The van der Waals surface area contributed by atoms with Crippen LogP contribution in [0.15, 0.2) is 27.6 Å². The molecule has 7 heteroatoms. The summed E-state index contributed by atoms with van der Waals surface area (Å²) >= 11 is 0. The van der Waals surface area contributed by atoms with Gasteiger partial charge in [-0.2, -0.15) is 5.10 Å². The van der Waals surface area contributed by atoms with Crippen LogP contribution in [0.25, 0.3) is 16.6 Å². The monoisotopic (exact) mass is 356 g/mol. The van der Waals surface area contributed by atoms with Crippen LogP contribution >= 0.6 is 0 Å². The van der Waals surface area contributed by atoms with Crippen molar-refractivity contribution in [1.82, 2.24) is 19.1 Å². The predicted molar refractivity (Wildman–Crippen MR) is 98.2 cm³/mol. The summed E-state index contributed by atoms with van der Waals surface area (Å²) in [5, 5.41) is 4.43. The van der Waals surface area contributed by atoms with Gasteiger partial charge in [-0.25, -0.2) is 4.68 Å². The van der Waals surface area contributed by atoms with Crippen molar-refractivity contribution in [3.63, 3.8) is 0 Å².